The van der Waals surface area contributed by atoms with Gasteiger partial charge in [-0.15, -0.1) is 0 Å². The average molecular weight is 341 g/mol. The largest absolute Gasteiger partial charge is 0.490 e. The van der Waals surface area contributed by atoms with Crippen LogP contribution in [0.3, 0.4) is 0 Å². The first-order valence-electron chi connectivity index (χ1n) is 6.93. The lowest BCUT2D eigenvalue weighted by molar-refractivity contribution is 0.0737. The first-order chi connectivity index (χ1) is 9.49. The monoisotopic (exact) mass is 340 g/mol. The van der Waals surface area contributed by atoms with E-state index in [9.17, 15) is 4.79 Å². The van der Waals surface area contributed by atoms with Crippen molar-refractivity contribution >= 4 is 21.8 Å². The number of hydrogen-bond acceptors (Lipinski definition) is 3. The molecule has 1 aromatic carbocycles. The Morgan fingerprint density at radius 3 is 2.85 bits per heavy atom. The van der Waals surface area contributed by atoms with Gasteiger partial charge < -0.3 is 15.0 Å². The predicted octanol–water partition coefficient (Wildman–Crippen LogP) is 2.67. The lowest BCUT2D eigenvalue weighted by Crippen LogP contribution is -2.38. The zero-order valence-corrected chi connectivity index (χ0v) is 13.7. The molecule has 1 saturated heterocycles. The minimum Gasteiger partial charge on any atom is -0.490 e. The van der Waals surface area contributed by atoms with Gasteiger partial charge in [0.05, 0.1) is 11.7 Å². The highest BCUT2D eigenvalue weighted by molar-refractivity contribution is 9.10. The van der Waals surface area contributed by atoms with Crippen LogP contribution in [0.1, 0.15) is 30.6 Å². The summed E-state index contributed by atoms with van der Waals surface area (Å²) in [7, 11) is 1.86. The van der Waals surface area contributed by atoms with Crippen LogP contribution in [0, 0.1) is 0 Å². The number of ether oxygens (including phenoxy) is 1. The van der Waals surface area contributed by atoms with Gasteiger partial charge in [-0.25, -0.2) is 0 Å². The zero-order chi connectivity index (χ0) is 14.7. The van der Waals surface area contributed by atoms with Crippen LogP contribution in [0.4, 0.5) is 0 Å². The Kier molecular flexibility index (Phi) is 5.05. The van der Waals surface area contributed by atoms with Crippen molar-refractivity contribution in [3.05, 3.63) is 28.2 Å². The van der Waals surface area contributed by atoms with Crippen LogP contribution in [0.25, 0.3) is 0 Å². The molecule has 1 atom stereocenters. The lowest BCUT2D eigenvalue weighted by Gasteiger charge is -2.25. The van der Waals surface area contributed by atoms with Crippen LogP contribution >= 0.6 is 15.9 Å². The Bertz CT molecular complexity index is 485. The standard InChI is InChI=1S/C15H21BrN2O2/c1-10(2)20-14-8-11(16)4-5-13(14)15(19)18(3)12-6-7-17-9-12/h4-5,8,10,12,17H,6-7,9H2,1-3H3. The molecule has 1 aliphatic rings. The highest BCUT2D eigenvalue weighted by Gasteiger charge is 2.26. The Labute approximate surface area is 128 Å². The molecular weight excluding hydrogens is 320 g/mol. The van der Waals surface area contributed by atoms with Gasteiger partial charge in [0, 0.05) is 24.1 Å². The summed E-state index contributed by atoms with van der Waals surface area (Å²) in [6.07, 6.45) is 1.04. The van der Waals surface area contributed by atoms with Crippen LogP contribution in [0.5, 0.6) is 5.75 Å². The molecule has 0 aliphatic carbocycles. The fourth-order valence-corrected chi connectivity index (χ4v) is 2.69. The minimum atomic E-state index is 0.0156. The third-order valence-corrected chi connectivity index (χ3v) is 3.93. The van der Waals surface area contributed by atoms with Gasteiger partial charge in [0.2, 0.25) is 0 Å². The molecule has 0 spiro atoms. The third-order valence-electron chi connectivity index (χ3n) is 3.44. The third kappa shape index (κ3) is 3.52. The van der Waals surface area contributed by atoms with Crippen molar-refractivity contribution in [2.75, 3.05) is 20.1 Å². The first kappa shape index (κ1) is 15.3. The van der Waals surface area contributed by atoms with Gasteiger partial charge in [0.25, 0.3) is 5.91 Å². The van der Waals surface area contributed by atoms with E-state index in [1.807, 2.05) is 44.0 Å². The molecule has 1 aromatic rings. The van der Waals surface area contributed by atoms with Crippen molar-refractivity contribution in [1.82, 2.24) is 10.2 Å². The number of halogens is 1. The number of carbonyl (C=O) groups is 1. The van der Waals surface area contributed by atoms with Gasteiger partial charge in [-0.1, -0.05) is 15.9 Å². The van der Waals surface area contributed by atoms with Gasteiger partial charge in [0.15, 0.2) is 0 Å². The quantitative estimate of drug-likeness (QED) is 0.916. The number of rotatable bonds is 4. The molecule has 0 bridgehead atoms. The van der Waals surface area contributed by atoms with E-state index in [0.29, 0.717) is 11.3 Å². The number of likely N-dealkylation sites (N-methyl/N-ethyl adjacent to an activating group) is 1. The molecule has 2 rings (SSSR count). The van der Waals surface area contributed by atoms with Crippen LogP contribution in [-0.4, -0.2) is 43.1 Å². The van der Waals surface area contributed by atoms with Gasteiger partial charge >= 0.3 is 0 Å². The maximum absolute atomic E-state index is 12.6. The van der Waals surface area contributed by atoms with Crippen LogP contribution in [0.2, 0.25) is 0 Å². The van der Waals surface area contributed by atoms with E-state index in [4.69, 9.17) is 4.74 Å². The van der Waals surface area contributed by atoms with E-state index in [-0.39, 0.29) is 18.1 Å². The normalized spacial score (nSPS) is 18.4. The summed E-state index contributed by atoms with van der Waals surface area (Å²) in [5.41, 5.74) is 0.622. The SMILES string of the molecule is CC(C)Oc1cc(Br)ccc1C(=O)N(C)C1CCNC1. The van der Waals surface area contributed by atoms with Crippen molar-refractivity contribution in [1.29, 1.82) is 0 Å². The van der Waals surface area contributed by atoms with E-state index in [1.165, 1.54) is 0 Å². The molecule has 1 unspecified atom stereocenters. The number of hydrogen-bond donors (Lipinski definition) is 1. The Hall–Kier alpha value is -1.07. The zero-order valence-electron chi connectivity index (χ0n) is 12.1. The summed E-state index contributed by atoms with van der Waals surface area (Å²) in [6.45, 7) is 5.75. The van der Waals surface area contributed by atoms with Crippen molar-refractivity contribution < 1.29 is 9.53 Å². The smallest absolute Gasteiger partial charge is 0.257 e. The summed E-state index contributed by atoms with van der Waals surface area (Å²) in [4.78, 5) is 14.5. The molecule has 110 valence electrons. The topological polar surface area (TPSA) is 41.6 Å². The summed E-state index contributed by atoms with van der Waals surface area (Å²) in [5.74, 6) is 0.652. The van der Waals surface area contributed by atoms with Gasteiger partial charge in [0.1, 0.15) is 5.75 Å². The fourth-order valence-electron chi connectivity index (χ4n) is 2.35. The second-order valence-electron chi connectivity index (χ2n) is 5.37. The highest BCUT2D eigenvalue weighted by Crippen LogP contribution is 2.26. The van der Waals surface area contributed by atoms with Crippen molar-refractivity contribution in [2.45, 2.75) is 32.4 Å². The Morgan fingerprint density at radius 1 is 1.50 bits per heavy atom. The number of nitrogens with zero attached hydrogens (tertiary/aromatic N) is 1. The van der Waals surface area contributed by atoms with Crippen molar-refractivity contribution in [2.24, 2.45) is 0 Å². The molecule has 1 heterocycles. The molecule has 20 heavy (non-hydrogen) atoms. The van der Waals surface area contributed by atoms with Crippen LogP contribution in [0.15, 0.2) is 22.7 Å². The average Bonchev–Trinajstić information content (AvgIpc) is 2.90. The summed E-state index contributed by atoms with van der Waals surface area (Å²) in [6, 6.07) is 5.82. The second kappa shape index (κ2) is 6.59. The van der Waals surface area contributed by atoms with E-state index in [0.717, 1.165) is 24.0 Å². The Balaban J connectivity index is 2.23. The number of benzene rings is 1. The minimum absolute atomic E-state index is 0.0156. The molecule has 1 amide bonds. The maximum Gasteiger partial charge on any atom is 0.257 e. The lowest BCUT2D eigenvalue weighted by atomic mass is 10.1. The number of nitrogens with one attached hydrogen (secondary N) is 1. The molecule has 1 N–H and O–H groups in total. The molecule has 4 nitrogen and oxygen atoms in total. The molecule has 0 radical (unpaired) electrons. The Morgan fingerprint density at radius 2 is 2.25 bits per heavy atom. The second-order valence-corrected chi connectivity index (χ2v) is 6.29. The number of carbonyl (C=O) groups excluding carboxylic acids is 1. The highest BCUT2D eigenvalue weighted by atomic mass is 79.9. The van der Waals surface area contributed by atoms with Crippen molar-refractivity contribution in [3.63, 3.8) is 0 Å². The van der Waals surface area contributed by atoms with Crippen LogP contribution < -0.4 is 10.1 Å². The summed E-state index contributed by atoms with van der Waals surface area (Å²) in [5, 5.41) is 3.28. The molecular formula is C15H21BrN2O2. The van der Waals surface area contributed by atoms with E-state index >= 15 is 0 Å². The maximum atomic E-state index is 12.6. The van der Waals surface area contributed by atoms with Gasteiger partial charge in [-0.05, 0) is 45.0 Å². The fraction of sp³-hybridized carbons (Fsp3) is 0.533. The molecule has 1 aliphatic heterocycles. The summed E-state index contributed by atoms with van der Waals surface area (Å²) < 4.78 is 6.68. The molecule has 0 saturated carbocycles. The molecule has 0 aromatic heterocycles. The van der Waals surface area contributed by atoms with Gasteiger partial charge in [-0.2, -0.15) is 0 Å². The molecule has 5 heteroatoms. The van der Waals surface area contributed by atoms with Crippen LogP contribution in [-0.2, 0) is 0 Å². The molecule has 1 fully saturated rings. The number of amides is 1. The van der Waals surface area contributed by atoms with E-state index in [2.05, 4.69) is 21.2 Å². The van der Waals surface area contributed by atoms with Crippen molar-refractivity contribution in [3.8, 4) is 5.75 Å². The predicted molar refractivity (Wildman–Crippen MR) is 83.3 cm³/mol. The van der Waals surface area contributed by atoms with E-state index < -0.39 is 0 Å². The first-order valence-corrected chi connectivity index (χ1v) is 7.72. The van der Waals surface area contributed by atoms with Gasteiger partial charge in [-0.3, -0.25) is 4.79 Å². The summed E-state index contributed by atoms with van der Waals surface area (Å²) >= 11 is 3.42. The van der Waals surface area contributed by atoms with E-state index in [1.54, 1.807) is 0 Å².